The summed E-state index contributed by atoms with van der Waals surface area (Å²) in [7, 11) is 0. The van der Waals surface area contributed by atoms with E-state index >= 15 is 0 Å². The number of hydrazine groups is 1. The predicted octanol–water partition coefficient (Wildman–Crippen LogP) is 1.88. The van der Waals surface area contributed by atoms with Gasteiger partial charge in [-0.05, 0) is 25.0 Å². The number of para-hydroxylation sites is 1. The molecule has 0 unspecified atom stereocenters. The fourth-order valence-corrected chi connectivity index (χ4v) is 2.18. The summed E-state index contributed by atoms with van der Waals surface area (Å²) in [5.74, 6) is 6.45. The van der Waals surface area contributed by atoms with Gasteiger partial charge in [0, 0.05) is 5.39 Å². The highest BCUT2D eigenvalue weighted by molar-refractivity contribution is 5.90. The largest absolute Gasteiger partial charge is 0.394 e. The van der Waals surface area contributed by atoms with Gasteiger partial charge < -0.3 is 10.4 Å². The lowest BCUT2D eigenvalue weighted by atomic mass is 9.93. The Morgan fingerprint density at radius 3 is 2.50 bits per heavy atom. The van der Waals surface area contributed by atoms with Gasteiger partial charge >= 0.3 is 0 Å². The number of anilines is 2. The van der Waals surface area contributed by atoms with Gasteiger partial charge in [-0.2, -0.15) is 4.98 Å². The summed E-state index contributed by atoms with van der Waals surface area (Å²) in [6.45, 7) is 4.13. The highest BCUT2D eigenvalue weighted by atomic mass is 16.3. The molecule has 0 aliphatic rings. The summed E-state index contributed by atoms with van der Waals surface area (Å²) in [6, 6.07) is 7.70. The van der Waals surface area contributed by atoms with E-state index < -0.39 is 0 Å². The van der Waals surface area contributed by atoms with Gasteiger partial charge in [0.2, 0.25) is 5.95 Å². The Morgan fingerprint density at radius 1 is 1.20 bits per heavy atom. The number of aliphatic hydroxyl groups is 1. The first-order valence-electron chi connectivity index (χ1n) is 6.80. The van der Waals surface area contributed by atoms with E-state index in [1.807, 2.05) is 38.1 Å². The van der Waals surface area contributed by atoms with Crippen LogP contribution in [0.25, 0.3) is 10.9 Å². The number of aromatic nitrogens is 2. The van der Waals surface area contributed by atoms with Crippen LogP contribution in [0.4, 0.5) is 11.8 Å². The molecule has 1 aromatic carbocycles. The molecule has 0 atom stereocenters. The van der Waals surface area contributed by atoms with Gasteiger partial charge in [-0.3, -0.25) is 5.43 Å². The van der Waals surface area contributed by atoms with Crippen molar-refractivity contribution in [1.29, 1.82) is 0 Å². The summed E-state index contributed by atoms with van der Waals surface area (Å²) in [5.41, 5.74) is 2.89. The van der Waals surface area contributed by atoms with Crippen LogP contribution in [0, 0.1) is 0 Å². The van der Waals surface area contributed by atoms with E-state index in [1.54, 1.807) is 0 Å². The van der Waals surface area contributed by atoms with Crippen LogP contribution >= 0.6 is 0 Å². The van der Waals surface area contributed by atoms with Gasteiger partial charge in [0.25, 0.3) is 0 Å². The average molecular weight is 275 g/mol. The summed E-state index contributed by atoms with van der Waals surface area (Å²) in [4.78, 5) is 8.69. The number of nitrogens with one attached hydrogen (secondary N) is 2. The van der Waals surface area contributed by atoms with E-state index in [4.69, 9.17) is 5.84 Å². The molecule has 6 nitrogen and oxygen atoms in total. The third-order valence-corrected chi connectivity index (χ3v) is 3.77. The van der Waals surface area contributed by atoms with Crippen LogP contribution in [0.1, 0.15) is 26.7 Å². The molecule has 0 aliphatic heterocycles. The maximum Gasteiger partial charge on any atom is 0.239 e. The molecule has 0 spiro atoms. The van der Waals surface area contributed by atoms with E-state index in [0.717, 1.165) is 23.7 Å². The van der Waals surface area contributed by atoms with E-state index in [0.29, 0.717) is 11.8 Å². The van der Waals surface area contributed by atoms with E-state index in [-0.39, 0.29) is 12.1 Å². The quantitative estimate of drug-likeness (QED) is 0.475. The zero-order chi connectivity index (χ0) is 14.6. The molecule has 6 heteroatoms. The summed E-state index contributed by atoms with van der Waals surface area (Å²) in [6.07, 6.45) is 1.59. The van der Waals surface area contributed by atoms with Crippen molar-refractivity contribution in [3.05, 3.63) is 24.3 Å². The average Bonchev–Trinajstić information content (AvgIpc) is 2.52. The minimum atomic E-state index is -0.386. The molecule has 2 rings (SSSR count). The Morgan fingerprint density at radius 2 is 1.90 bits per heavy atom. The lowest BCUT2D eigenvalue weighted by Gasteiger charge is -2.31. The number of nitrogens with two attached hydrogens (primary N) is 1. The molecule has 20 heavy (non-hydrogen) atoms. The first-order valence-corrected chi connectivity index (χ1v) is 6.80. The Balaban J connectivity index is 2.52. The predicted molar refractivity (Wildman–Crippen MR) is 81.4 cm³/mol. The van der Waals surface area contributed by atoms with Crippen molar-refractivity contribution in [1.82, 2.24) is 9.97 Å². The van der Waals surface area contributed by atoms with Crippen LogP contribution in [0.15, 0.2) is 24.3 Å². The molecule has 1 aromatic heterocycles. The van der Waals surface area contributed by atoms with Gasteiger partial charge in [-0.1, -0.05) is 26.0 Å². The topological polar surface area (TPSA) is 96.1 Å². The lowest BCUT2D eigenvalue weighted by Crippen LogP contribution is -2.41. The maximum absolute atomic E-state index is 9.69. The summed E-state index contributed by atoms with van der Waals surface area (Å²) in [5, 5.41) is 14.0. The molecular formula is C14H21N5O. The molecule has 0 aliphatic carbocycles. The van der Waals surface area contributed by atoms with Gasteiger partial charge in [0.1, 0.15) is 5.82 Å². The molecular weight excluding hydrogens is 254 g/mol. The normalized spacial score (nSPS) is 11.6. The number of hydrogen-bond donors (Lipinski definition) is 4. The maximum atomic E-state index is 9.69. The number of aliphatic hydroxyl groups excluding tert-OH is 1. The van der Waals surface area contributed by atoms with Crippen molar-refractivity contribution in [2.24, 2.45) is 5.84 Å². The zero-order valence-corrected chi connectivity index (χ0v) is 11.8. The molecule has 0 amide bonds. The number of nitrogens with zero attached hydrogens (tertiary/aromatic N) is 2. The number of rotatable bonds is 6. The monoisotopic (exact) mass is 275 g/mol. The number of nitrogen functional groups attached to an aromatic ring is 1. The second kappa shape index (κ2) is 6.02. The lowest BCUT2D eigenvalue weighted by molar-refractivity contribution is 0.202. The van der Waals surface area contributed by atoms with Crippen LogP contribution in [0.2, 0.25) is 0 Å². The zero-order valence-electron chi connectivity index (χ0n) is 11.8. The molecule has 0 fully saturated rings. The molecule has 2 aromatic rings. The van der Waals surface area contributed by atoms with E-state index in [1.165, 1.54) is 0 Å². The molecule has 5 N–H and O–H groups in total. The van der Waals surface area contributed by atoms with Crippen LogP contribution in [-0.2, 0) is 0 Å². The minimum Gasteiger partial charge on any atom is -0.394 e. The molecule has 108 valence electrons. The van der Waals surface area contributed by atoms with Gasteiger partial charge in [-0.15, -0.1) is 0 Å². The van der Waals surface area contributed by atoms with Crippen LogP contribution < -0.4 is 16.6 Å². The van der Waals surface area contributed by atoms with E-state index in [9.17, 15) is 5.11 Å². The number of hydrogen-bond acceptors (Lipinski definition) is 6. The van der Waals surface area contributed by atoms with E-state index in [2.05, 4.69) is 20.7 Å². The van der Waals surface area contributed by atoms with Crippen molar-refractivity contribution in [2.75, 3.05) is 17.3 Å². The first-order chi connectivity index (χ1) is 9.68. The second-order valence-corrected chi connectivity index (χ2v) is 4.83. The Bertz CT molecular complexity index is 575. The number of fused-ring (bicyclic) bond motifs is 1. The Kier molecular flexibility index (Phi) is 4.36. The minimum absolute atomic E-state index is 0.0454. The fourth-order valence-electron chi connectivity index (χ4n) is 2.18. The molecule has 0 bridgehead atoms. The molecule has 0 saturated heterocycles. The van der Waals surface area contributed by atoms with Crippen molar-refractivity contribution >= 4 is 22.7 Å². The highest BCUT2D eigenvalue weighted by Crippen LogP contribution is 2.27. The van der Waals surface area contributed by atoms with Crippen molar-refractivity contribution in [3.63, 3.8) is 0 Å². The SMILES string of the molecule is CCC(CC)(CO)Nc1nc(NN)nc2ccccc12. The van der Waals surface area contributed by atoms with Gasteiger partial charge in [0.15, 0.2) is 0 Å². The Labute approximate surface area is 118 Å². The Hall–Kier alpha value is -1.92. The van der Waals surface area contributed by atoms with Gasteiger partial charge in [0.05, 0.1) is 17.7 Å². The highest BCUT2D eigenvalue weighted by Gasteiger charge is 2.26. The first kappa shape index (κ1) is 14.5. The summed E-state index contributed by atoms with van der Waals surface area (Å²) < 4.78 is 0. The molecule has 0 saturated carbocycles. The van der Waals surface area contributed by atoms with Crippen molar-refractivity contribution < 1.29 is 5.11 Å². The van der Waals surface area contributed by atoms with Crippen molar-refractivity contribution in [3.8, 4) is 0 Å². The fraction of sp³-hybridized carbons (Fsp3) is 0.429. The van der Waals surface area contributed by atoms with Crippen LogP contribution in [0.3, 0.4) is 0 Å². The second-order valence-electron chi connectivity index (χ2n) is 4.83. The third-order valence-electron chi connectivity index (χ3n) is 3.77. The van der Waals surface area contributed by atoms with Crippen LogP contribution in [-0.4, -0.2) is 27.2 Å². The standard InChI is InChI=1S/C14H21N5O/c1-3-14(4-2,9-20)18-12-10-7-5-6-8-11(10)16-13(17-12)19-15/h5-8,20H,3-4,9,15H2,1-2H3,(H2,16,17,18,19). The van der Waals surface area contributed by atoms with Crippen LogP contribution in [0.5, 0.6) is 0 Å². The molecule has 1 heterocycles. The smallest absolute Gasteiger partial charge is 0.239 e. The molecule has 0 radical (unpaired) electrons. The third kappa shape index (κ3) is 2.66. The number of benzene rings is 1. The van der Waals surface area contributed by atoms with Crippen molar-refractivity contribution in [2.45, 2.75) is 32.2 Å². The van der Waals surface area contributed by atoms with Gasteiger partial charge in [-0.25, -0.2) is 10.8 Å². The summed E-state index contributed by atoms with van der Waals surface area (Å²) >= 11 is 0.